The fourth-order valence-electron chi connectivity index (χ4n) is 1.50. The number of nitrogens with one attached hydrogen (secondary N) is 2. The Kier molecular flexibility index (Phi) is 6.51. The molecule has 0 aliphatic rings. The van der Waals surface area contributed by atoms with Crippen LogP contribution in [0.5, 0.6) is 0 Å². The van der Waals surface area contributed by atoms with Crippen LogP contribution in [0.4, 0.5) is 0 Å². The van der Waals surface area contributed by atoms with E-state index in [9.17, 15) is 0 Å². The maximum atomic E-state index is 5.89. The third-order valence-corrected chi connectivity index (χ3v) is 6.25. The van der Waals surface area contributed by atoms with Gasteiger partial charge in [0.15, 0.2) is 0 Å². The van der Waals surface area contributed by atoms with Gasteiger partial charge in [-0.05, 0) is 11.8 Å². The van der Waals surface area contributed by atoms with Gasteiger partial charge < -0.3 is 0 Å². The number of hydrogen-bond donors (Lipinski definition) is 2. The van der Waals surface area contributed by atoms with Gasteiger partial charge in [-0.25, -0.2) is 0 Å². The summed E-state index contributed by atoms with van der Waals surface area (Å²) in [5.74, 6) is 1.22. The lowest BCUT2D eigenvalue weighted by Gasteiger charge is -2.27. The van der Waals surface area contributed by atoms with Gasteiger partial charge in [0, 0.05) is 18.4 Å². The second-order valence-electron chi connectivity index (χ2n) is 5.46. The fraction of sp³-hybridized carbons (Fsp3) is 0.571. The molecule has 18 heavy (non-hydrogen) atoms. The molecule has 0 spiro atoms. The number of hydrogen-bond acceptors (Lipinski definition) is 1. The van der Waals surface area contributed by atoms with Crippen molar-refractivity contribution in [2.24, 2.45) is 11.8 Å². The van der Waals surface area contributed by atoms with E-state index in [4.69, 9.17) is 11.8 Å². The van der Waals surface area contributed by atoms with Crippen LogP contribution in [0.15, 0.2) is 30.3 Å². The standard InChI is InChI=1S/C14H25N2PS/c1-12(2)10-15-17(18,16-11-13(3)4)14-8-6-5-7-9-14/h5-9,12-13H,10-11H2,1-4H3,(H2,15,16,18). The molecule has 1 aromatic carbocycles. The van der Waals surface area contributed by atoms with Gasteiger partial charge in [-0.1, -0.05) is 69.8 Å². The molecule has 0 heterocycles. The van der Waals surface area contributed by atoms with Gasteiger partial charge in [0.2, 0.25) is 0 Å². The van der Waals surface area contributed by atoms with E-state index in [0.717, 1.165) is 13.1 Å². The predicted molar refractivity (Wildman–Crippen MR) is 86.0 cm³/mol. The molecule has 0 aliphatic heterocycles. The minimum atomic E-state index is -1.85. The molecule has 0 saturated heterocycles. The summed E-state index contributed by atoms with van der Waals surface area (Å²) in [4.78, 5) is 0. The summed E-state index contributed by atoms with van der Waals surface area (Å²) >= 11 is 5.89. The second-order valence-corrected chi connectivity index (χ2v) is 9.47. The van der Waals surface area contributed by atoms with Crippen LogP contribution in [-0.2, 0) is 11.8 Å². The van der Waals surface area contributed by atoms with E-state index in [1.807, 2.05) is 6.07 Å². The molecule has 1 aromatic rings. The van der Waals surface area contributed by atoms with Crippen molar-refractivity contribution in [3.63, 3.8) is 0 Å². The lowest BCUT2D eigenvalue weighted by atomic mass is 10.2. The smallest absolute Gasteiger partial charge is 0.101 e. The van der Waals surface area contributed by atoms with E-state index in [1.54, 1.807) is 0 Å². The zero-order valence-electron chi connectivity index (χ0n) is 11.8. The Morgan fingerprint density at radius 2 is 1.39 bits per heavy atom. The van der Waals surface area contributed by atoms with Crippen molar-refractivity contribution in [3.8, 4) is 0 Å². The first-order valence-electron chi connectivity index (χ1n) is 6.60. The minimum absolute atomic E-state index is 0.608. The van der Waals surface area contributed by atoms with Crippen LogP contribution in [-0.4, -0.2) is 13.1 Å². The third kappa shape index (κ3) is 5.19. The van der Waals surface area contributed by atoms with Crippen LogP contribution in [0.1, 0.15) is 27.7 Å². The van der Waals surface area contributed by atoms with Crippen LogP contribution in [0.3, 0.4) is 0 Å². The highest BCUT2D eigenvalue weighted by atomic mass is 32.4. The van der Waals surface area contributed by atoms with E-state index >= 15 is 0 Å². The Hall–Kier alpha value is -0.210. The normalized spacial score (nSPS) is 12.3. The van der Waals surface area contributed by atoms with Gasteiger partial charge in [-0.3, -0.25) is 10.2 Å². The molecule has 0 radical (unpaired) electrons. The summed E-state index contributed by atoms with van der Waals surface area (Å²) in [6.45, 7) is 10.7. The monoisotopic (exact) mass is 284 g/mol. The van der Waals surface area contributed by atoms with Crippen LogP contribution in [0, 0.1) is 11.8 Å². The van der Waals surface area contributed by atoms with E-state index in [-0.39, 0.29) is 0 Å². The SMILES string of the molecule is CC(C)CNP(=S)(NCC(C)C)c1ccccc1. The van der Waals surface area contributed by atoms with Crippen molar-refractivity contribution < 1.29 is 0 Å². The molecule has 0 aliphatic carbocycles. The third-order valence-electron chi connectivity index (χ3n) is 2.56. The van der Waals surface area contributed by atoms with E-state index in [2.05, 4.69) is 62.1 Å². The molecule has 0 bridgehead atoms. The van der Waals surface area contributed by atoms with Crippen LogP contribution < -0.4 is 15.5 Å². The Morgan fingerprint density at radius 1 is 0.944 bits per heavy atom. The van der Waals surface area contributed by atoms with Crippen LogP contribution in [0.2, 0.25) is 0 Å². The molecule has 0 amide bonds. The summed E-state index contributed by atoms with van der Waals surface area (Å²) in [7, 11) is 0. The Balaban J connectivity index is 2.83. The van der Waals surface area contributed by atoms with Gasteiger partial charge >= 0.3 is 0 Å². The molecule has 0 fully saturated rings. The Bertz CT molecular complexity index is 374. The van der Waals surface area contributed by atoms with Gasteiger partial charge in [-0.15, -0.1) is 0 Å². The largest absolute Gasteiger partial charge is 0.274 e. The van der Waals surface area contributed by atoms with Gasteiger partial charge in [0.05, 0.1) is 0 Å². The van der Waals surface area contributed by atoms with Gasteiger partial charge in [-0.2, -0.15) is 0 Å². The molecule has 0 unspecified atom stereocenters. The summed E-state index contributed by atoms with van der Waals surface area (Å²) in [5, 5.41) is 8.39. The van der Waals surface area contributed by atoms with Crippen molar-refractivity contribution in [3.05, 3.63) is 30.3 Å². The number of rotatable bonds is 7. The maximum Gasteiger partial charge on any atom is 0.101 e. The molecular weight excluding hydrogens is 259 g/mol. The highest BCUT2D eigenvalue weighted by Crippen LogP contribution is 2.35. The van der Waals surface area contributed by atoms with Crippen LogP contribution in [0.25, 0.3) is 0 Å². The molecule has 0 aromatic heterocycles. The minimum Gasteiger partial charge on any atom is -0.274 e. The van der Waals surface area contributed by atoms with Crippen LogP contribution >= 0.6 is 6.34 Å². The van der Waals surface area contributed by atoms with Crippen molar-refractivity contribution in [1.29, 1.82) is 0 Å². The van der Waals surface area contributed by atoms with Crippen molar-refractivity contribution in [1.82, 2.24) is 10.2 Å². The highest BCUT2D eigenvalue weighted by molar-refractivity contribution is 8.16. The Labute approximate surface area is 117 Å². The lowest BCUT2D eigenvalue weighted by molar-refractivity contribution is 0.616. The average molecular weight is 284 g/mol. The van der Waals surface area contributed by atoms with Crippen molar-refractivity contribution in [2.45, 2.75) is 27.7 Å². The van der Waals surface area contributed by atoms with E-state index < -0.39 is 6.34 Å². The zero-order valence-corrected chi connectivity index (χ0v) is 13.5. The average Bonchev–Trinajstić information content (AvgIpc) is 2.35. The van der Waals surface area contributed by atoms with Crippen molar-refractivity contribution in [2.75, 3.05) is 13.1 Å². The Morgan fingerprint density at radius 3 is 1.78 bits per heavy atom. The molecule has 2 N–H and O–H groups in total. The highest BCUT2D eigenvalue weighted by Gasteiger charge is 2.18. The molecule has 2 nitrogen and oxygen atoms in total. The first-order valence-corrected chi connectivity index (χ1v) is 9.40. The molecular formula is C14H25N2PS. The summed E-state index contributed by atoms with van der Waals surface area (Å²) in [5.41, 5.74) is 0. The van der Waals surface area contributed by atoms with E-state index in [1.165, 1.54) is 5.30 Å². The number of benzene rings is 1. The maximum absolute atomic E-state index is 5.89. The summed E-state index contributed by atoms with van der Waals surface area (Å²) < 4.78 is 0. The molecule has 0 saturated carbocycles. The molecule has 4 heteroatoms. The molecule has 1 rings (SSSR count). The molecule has 0 atom stereocenters. The van der Waals surface area contributed by atoms with Gasteiger partial charge in [0.1, 0.15) is 6.34 Å². The van der Waals surface area contributed by atoms with Gasteiger partial charge in [0.25, 0.3) is 0 Å². The first-order chi connectivity index (χ1) is 8.44. The summed E-state index contributed by atoms with van der Waals surface area (Å²) in [6.07, 6.45) is -1.85. The first kappa shape index (κ1) is 15.8. The lowest BCUT2D eigenvalue weighted by Crippen LogP contribution is -2.33. The second kappa shape index (κ2) is 7.40. The van der Waals surface area contributed by atoms with E-state index in [0.29, 0.717) is 11.8 Å². The molecule has 102 valence electrons. The fourth-order valence-corrected chi connectivity index (χ4v) is 4.62. The summed E-state index contributed by atoms with van der Waals surface area (Å²) in [6, 6.07) is 10.4. The quantitative estimate of drug-likeness (QED) is 0.752. The predicted octanol–water partition coefficient (Wildman–Crippen LogP) is 3.11. The zero-order chi connectivity index (χ0) is 13.6. The topological polar surface area (TPSA) is 24.1 Å². The van der Waals surface area contributed by atoms with Crippen molar-refractivity contribution >= 4 is 23.5 Å².